The fourth-order valence-electron chi connectivity index (χ4n) is 3.09. The molecule has 118 valence electrons. The Bertz CT molecular complexity index is 839. The number of benzene rings is 1. The lowest BCUT2D eigenvalue weighted by molar-refractivity contribution is 0.594. The summed E-state index contributed by atoms with van der Waals surface area (Å²) >= 11 is 1.61. The fourth-order valence-corrected chi connectivity index (χ4v) is 3.87. The number of halogens is 1. The summed E-state index contributed by atoms with van der Waals surface area (Å²) in [6, 6.07) is 5.35. The smallest absolute Gasteiger partial charge is 0.146 e. The van der Waals surface area contributed by atoms with Crippen LogP contribution in [0.25, 0.3) is 10.6 Å². The van der Waals surface area contributed by atoms with Crippen molar-refractivity contribution in [3.8, 4) is 10.6 Å². The first-order valence-electron chi connectivity index (χ1n) is 7.66. The zero-order chi connectivity index (χ0) is 15.8. The number of para-hydroxylation sites is 1. The van der Waals surface area contributed by atoms with E-state index in [4.69, 9.17) is 4.98 Å². The maximum Gasteiger partial charge on any atom is 0.146 e. The van der Waals surface area contributed by atoms with Crippen LogP contribution < -0.4 is 4.90 Å². The van der Waals surface area contributed by atoms with Crippen molar-refractivity contribution >= 4 is 17.0 Å². The van der Waals surface area contributed by atoms with Crippen molar-refractivity contribution in [3.05, 3.63) is 53.0 Å². The van der Waals surface area contributed by atoms with E-state index in [-0.39, 0.29) is 5.82 Å². The third-order valence-corrected chi connectivity index (χ3v) is 5.06. The molecule has 0 atom stereocenters. The highest BCUT2D eigenvalue weighted by molar-refractivity contribution is 7.13. The molecule has 1 aliphatic rings. The molecule has 2 aromatic heterocycles. The summed E-state index contributed by atoms with van der Waals surface area (Å²) in [7, 11) is 1.89. The van der Waals surface area contributed by atoms with E-state index in [1.54, 1.807) is 28.2 Å². The average Bonchev–Trinajstić information content (AvgIpc) is 3.17. The lowest BCUT2D eigenvalue weighted by Gasteiger charge is -2.31. The van der Waals surface area contributed by atoms with Crippen LogP contribution in [0.5, 0.6) is 0 Å². The number of aryl methyl sites for hydroxylation is 2. The normalized spacial score (nSPS) is 14.1. The van der Waals surface area contributed by atoms with Crippen LogP contribution in [0.4, 0.5) is 10.1 Å². The second-order valence-electron chi connectivity index (χ2n) is 5.82. The van der Waals surface area contributed by atoms with Crippen molar-refractivity contribution in [2.75, 3.05) is 11.4 Å². The Balaban J connectivity index is 1.59. The molecular weight excluding hydrogens is 311 g/mol. The summed E-state index contributed by atoms with van der Waals surface area (Å²) in [5, 5.41) is 7.19. The molecule has 4 nitrogen and oxygen atoms in total. The number of fused-ring (bicyclic) bond motifs is 1. The molecule has 0 N–H and O–H groups in total. The lowest BCUT2D eigenvalue weighted by atomic mass is 10.0. The molecule has 1 aliphatic heterocycles. The van der Waals surface area contributed by atoms with Crippen molar-refractivity contribution < 1.29 is 4.39 Å². The maximum atomic E-state index is 14.2. The second-order valence-corrected chi connectivity index (χ2v) is 6.68. The van der Waals surface area contributed by atoms with E-state index < -0.39 is 0 Å². The number of nitrogens with zero attached hydrogens (tertiary/aromatic N) is 4. The Morgan fingerprint density at radius 2 is 2.26 bits per heavy atom. The van der Waals surface area contributed by atoms with Gasteiger partial charge in [-0.15, -0.1) is 11.3 Å². The molecule has 0 amide bonds. The maximum absolute atomic E-state index is 14.2. The van der Waals surface area contributed by atoms with Gasteiger partial charge in [0.1, 0.15) is 10.8 Å². The van der Waals surface area contributed by atoms with Gasteiger partial charge in [0.25, 0.3) is 0 Å². The number of rotatable bonds is 3. The quantitative estimate of drug-likeness (QED) is 0.736. The molecule has 0 saturated heterocycles. The van der Waals surface area contributed by atoms with E-state index in [0.717, 1.165) is 46.9 Å². The molecule has 0 fully saturated rings. The highest BCUT2D eigenvalue weighted by Gasteiger charge is 2.21. The minimum absolute atomic E-state index is 0.134. The Labute approximate surface area is 138 Å². The van der Waals surface area contributed by atoms with Crippen LogP contribution >= 0.6 is 11.3 Å². The number of hydrogen-bond acceptors (Lipinski definition) is 4. The molecular formula is C17H17FN4S. The van der Waals surface area contributed by atoms with Crippen LogP contribution in [0.15, 0.2) is 36.0 Å². The third-order valence-electron chi connectivity index (χ3n) is 4.12. The standard InChI is InChI=1S/C17H17FN4S/c1-21-9-13(8-19-21)17-20-14(11-23-17)10-22-7-3-5-12-4-2-6-15(18)16(12)22/h2,4,6,8-9,11H,3,5,7,10H2,1H3. The largest absolute Gasteiger partial charge is 0.363 e. The van der Waals surface area contributed by atoms with Gasteiger partial charge in [-0.1, -0.05) is 12.1 Å². The Kier molecular flexibility index (Phi) is 3.61. The van der Waals surface area contributed by atoms with E-state index >= 15 is 0 Å². The van der Waals surface area contributed by atoms with Crippen LogP contribution in [-0.4, -0.2) is 21.3 Å². The Hall–Kier alpha value is -2.21. The van der Waals surface area contributed by atoms with Gasteiger partial charge in [0.15, 0.2) is 0 Å². The molecule has 3 aromatic rings. The molecule has 6 heteroatoms. The predicted molar refractivity (Wildman–Crippen MR) is 90.1 cm³/mol. The van der Waals surface area contributed by atoms with Gasteiger partial charge in [-0.05, 0) is 24.5 Å². The monoisotopic (exact) mass is 328 g/mol. The van der Waals surface area contributed by atoms with Crippen LogP contribution in [0.2, 0.25) is 0 Å². The number of hydrogen-bond donors (Lipinski definition) is 0. The van der Waals surface area contributed by atoms with Gasteiger partial charge >= 0.3 is 0 Å². The zero-order valence-electron chi connectivity index (χ0n) is 12.9. The third kappa shape index (κ3) is 2.74. The highest BCUT2D eigenvalue weighted by Crippen LogP contribution is 2.32. The van der Waals surface area contributed by atoms with E-state index in [1.165, 1.54) is 0 Å². The number of anilines is 1. The Morgan fingerprint density at radius 1 is 1.35 bits per heavy atom. The van der Waals surface area contributed by atoms with Crippen molar-refractivity contribution in [2.24, 2.45) is 7.05 Å². The molecule has 0 spiro atoms. The van der Waals surface area contributed by atoms with Crippen molar-refractivity contribution in [3.63, 3.8) is 0 Å². The first-order valence-corrected chi connectivity index (χ1v) is 8.54. The van der Waals surface area contributed by atoms with Gasteiger partial charge in [-0.3, -0.25) is 4.68 Å². The first-order chi connectivity index (χ1) is 11.2. The molecule has 0 unspecified atom stereocenters. The SMILES string of the molecule is Cn1cc(-c2nc(CN3CCCc4cccc(F)c43)cs2)cn1. The summed E-state index contributed by atoms with van der Waals surface area (Å²) < 4.78 is 16.0. The van der Waals surface area contributed by atoms with Gasteiger partial charge < -0.3 is 4.90 Å². The summed E-state index contributed by atoms with van der Waals surface area (Å²) in [5.74, 6) is -0.134. The minimum Gasteiger partial charge on any atom is -0.363 e. The van der Waals surface area contributed by atoms with Crippen LogP contribution in [-0.2, 0) is 20.0 Å². The summed E-state index contributed by atoms with van der Waals surface area (Å²) in [6.07, 6.45) is 5.77. The lowest BCUT2D eigenvalue weighted by Crippen LogP contribution is -2.29. The molecule has 0 bridgehead atoms. The van der Waals surface area contributed by atoms with Crippen molar-refractivity contribution in [2.45, 2.75) is 19.4 Å². The highest BCUT2D eigenvalue weighted by atomic mass is 32.1. The van der Waals surface area contributed by atoms with Gasteiger partial charge in [0.2, 0.25) is 0 Å². The average molecular weight is 328 g/mol. The molecule has 23 heavy (non-hydrogen) atoms. The van der Waals surface area contributed by atoms with Gasteiger partial charge in [0, 0.05) is 30.7 Å². The topological polar surface area (TPSA) is 34.0 Å². The van der Waals surface area contributed by atoms with E-state index in [9.17, 15) is 4.39 Å². The van der Waals surface area contributed by atoms with Crippen LogP contribution in [0, 0.1) is 5.82 Å². The molecule has 1 aromatic carbocycles. The Morgan fingerprint density at radius 3 is 3.09 bits per heavy atom. The van der Waals surface area contributed by atoms with Crippen LogP contribution in [0.1, 0.15) is 17.7 Å². The van der Waals surface area contributed by atoms with E-state index in [0.29, 0.717) is 6.54 Å². The molecule has 0 saturated carbocycles. The molecule has 0 radical (unpaired) electrons. The van der Waals surface area contributed by atoms with Crippen molar-refractivity contribution in [1.29, 1.82) is 0 Å². The molecule has 3 heterocycles. The molecule has 4 rings (SSSR count). The summed E-state index contributed by atoms with van der Waals surface area (Å²) in [5.41, 5.74) is 3.84. The predicted octanol–water partition coefficient (Wildman–Crippen LogP) is 3.64. The molecule has 0 aliphatic carbocycles. The minimum atomic E-state index is -0.134. The summed E-state index contributed by atoms with van der Waals surface area (Å²) in [6.45, 7) is 1.51. The fraction of sp³-hybridized carbons (Fsp3) is 0.294. The van der Waals surface area contributed by atoms with E-state index in [2.05, 4.69) is 15.4 Å². The number of thiazole rings is 1. The van der Waals surface area contributed by atoms with Crippen molar-refractivity contribution in [1.82, 2.24) is 14.8 Å². The summed E-state index contributed by atoms with van der Waals surface area (Å²) in [4.78, 5) is 6.80. The second kappa shape index (κ2) is 5.77. The van der Waals surface area contributed by atoms with Gasteiger partial charge in [0.05, 0.1) is 24.1 Å². The van der Waals surface area contributed by atoms with Gasteiger partial charge in [-0.25, -0.2) is 9.37 Å². The number of aromatic nitrogens is 3. The van der Waals surface area contributed by atoms with Gasteiger partial charge in [-0.2, -0.15) is 5.10 Å². The zero-order valence-corrected chi connectivity index (χ0v) is 13.7. The first kappa shape index (κ1) is 14.4. The van der Waals surface area contributed by atoms with Crippen LogP contribution in [0.3, 0.4) is 0 Å². The van der Waals surface area contributed by atoms with E-state index in [1.807, 2.05) is 25.5 Å².